The number of rotatable bonds is 4. The number of benzene rings is 2. The van der Waals surface area contributed by atoms with Gasteiger partial charge in [-0.15, -0.1) is 0 Å². The molecule has 0 heterocycles. The normalized spacial score (nSPS) is 11.9. The van der Waals surface area contributed by atoms with E-state index in [1.54, 1.807) is 18.2 Å². The molecule has 1 amide bonds. The van der Waals surface area contributed by atoms with Crippen LogP contribution in [-0.2, 0) is 0 Å². The molecule has 98 valence electrons. The Bertz CT molecular complexity index is 554. The van der Waals surface area contributed by atoms with Crippen LogP contribution in [0.3, 0.4) is 0 Å². The molecule has 0 bridgehead atoms. The third-order valence-electron chi connectivity index (χ3n) is 3.06. The minimum Gasteiger partial charge on any atom is -0.351 e. The summed E-state index contributed by atoms with van der Waals surface area (Å²) in [6, 6.07) is 17.2. The number of amides is 1. The van der Waals surface area contributed by atoms with E-state index in [0.29, 0.717) is 17.1 Å². The van der Waals surface area contributed by atoms with E-state index in [0.717, 1.165) is 0 Å². The Morgan fingerprint density at radius 2 is 1.74 bits per heavy atom. The molecule has 0 fully saturated rings. The third-order valence-corrected chi connectivity index (χ3v) is 3.39. The van der Waals surface area contributed by atoms with E-state index in [1.807, 2.05) is 24.3 Å². The first-order chi connectivity index (χ1) is 9.18. The summed E-state index contributed by atoms with van der Waals surface area (Å²) < 4.78 is 0. The SMILES string of the molecule is C[C@@H](CNC(=O)c1ccccc1Cl)c1ccccc1. The molecule has 0 spiro atoms. The molecule has 0 aliphatic heterocycles. The molecule has 2 nitrogen and oxygen atoms in total. The Morgan fingerprint density at radius 3 is 2.42 bits per heavy atom. The minimum absolute atomic E-state index is 0.131. The lowest BCUT2D eigenvalue weighted by atomic mass is 10.0. The number of nitrogens with one attached hydrogen (secondary N) is 1. The molecular weight excluding hydrogens is 258 g/mol. The molecule has 3 heteroatoms. The van der Waals surface area contributed by atoms with Gasteiger partial charge in [0.25, 0.3) is 5.91 Å². The lowest BCUT2D eigenvalue weighted by Gasteiger charge is -2.13. The molecule has 0 radical (unpaired) electrons. The summed E-state index contributed by atoms with van der Waals surface area (Å²) in [4.78, 5) is 12.0. The Hall–Kier alpha value is -1.80. The topological polar surface area (TPSA) is 29.1 Å². The first-order valence-electron chi connectivity index (χ1n) is 6.26. The van der Waals surface area contributed by atoms with Gasteiger partial charge in [-0.2, -0.15) is 0 Å². The number of hydrogen-bond acceptors (Lipinski definition) is 1. The van der Waals surface area contributed by atoms with E-state index in [9.17, 15) is 4.79 Å². The van der Waals surface area contributed by atoms with Gasteiger partial charge in [0.05, 0.1) is 10.6 Å². The van der Waals surface area contributed by atoms with Crippen LogP contribution in [0.5, 0.6) is 0 Å². The van der Waals surface area contributed by atoms with Crippen molar-refractivity contribution >= 4 is 17.5 Å². The fraction of sp³-hybridized carbons (Fsp3) is 0.188. The molecular formula is C16H16ClNO. The van der Waals surface area contributed by atoms with Crippen molar-refractivity contribution in [3.63, 3.8) is 0 Å². The van der Waals surface area contributed by atoms with Gasteiger partial charge in [0.2, 0.25) is 0 Å². The fourth-order valence-corrected chi connectivity index (χ4v) is 2.11. The molecule has 0 saturated heterocycles. The second-order valence-electron chi connectivity index (χ2n) is 4.50. The van der Waals surface area contributed by atoms with Gasteiger partial charge in [0.15, 0.2) is 0 Å². The Morgan fingerprint density at radius 1 is 1.11 bits per heavy atom. The molecule has 19 heavy (non-hydrogen) atoms. The number of hydrogen-bond donors (Lipinski definition) is 1. The van der Waals surface area contributed by atoms with Crippen molar-refractivity contribution in [2.24, 2.45) is 0 Å². The van der Waals surface area contributed by atoms with E-state index in [2.05, 4.69) is 24.4 Å². The van der Waals surface area contributed by atoms with Gasteiger partial charge in [-0.25, -0.2) is 0 Å². The monoisotopic (exact) mass is 273 g/mol. The maximum absolute atomic E-state index is 12.0. The van der Waals surface area contributed by atoms with E-state index in [4.69, 9.17) is 11.6 Å². The summed E-state index contributed by atoms with van der Waals surface area (Å²) in [7, 11) is 0. The fourth-order valence-electron chi connectivity index (χ4n) is 1.89. The highest BCUT2D eigenvalue weighted by Crippen LogP contribution is 2.16. The van der Waals surface area contributed by atoms with Gasteiger partial charge < -0.3 is 5.32 Å². The summed E-state index contributed by atoms with van der Waals surface area (Å²) in [6.45, 7) is 2.68. The predicted molar refractivity (Wildman–Crippen MR) is 78.6 cm³/mol. The van der Waals surface area contributed by atoms with Crippen molar-refractivity contribution in [1.29, 1.82) is 0 Å². The number of halogens is 1. The van der Waals surface area contributed by atoms with Gasteiger partial charge in [-0.05, 0) is 23.6 Å². The smallest absolute Gasteiger partial charge is 0.252 e. The number of carbonyl (C=O) groups is 1. The van der Waals surface area contributed by atoms with Gasteiger partial charge in [0, 0.05) is 6.54 Å². The van der Waals surface area contributed by atoms with Crippen LogP contribution in [-0.4, -0.2) is 12.5 Å². The second-order valence-corrected chi connectivity index (χ2v) is 4.91. The van der Waals surface area contributed by atoms with Crippen LogP contribution in [0.15, 0.2) is 54.6 Å². The second kappa shape index (κ2) is 6.39. The molecule has 0 aliphatic rings. The van der Waals surface area contributed by atoms with E-state index < -0.39 is 0 Å². The zero-order valence-electron chi connectivity index (χ0n) is 10.8. The molecule has 0 saturated carbocycles. The van der Waals surface area contributed by atoms with Crippen molar-refractivity contribution in [1.82, 2.24) is 5.32 Å². The van der Waals surface area contributed by atoms with E-state index >= 15 is 0 Å². The molecule has 0 aliphatic carbocycles. The maximum Gasteiger partial charge on any atom is 0.252 e. The first kappa shape index (κ1) is 13.6. The van der Waals surface area contributed by atoms with E-state index in [1.165, 1.54) is 5.56 Å². The highest BCUT2D eigenvalue weighted by Gasteiger charge is 2.11. The van der Waals surface area contributed by atoms with E-state index in [-0.39, 0.29) is 11.8 Å². The van der Waals surface area contributed by atoms with Crippen molar-refractivity contribution in [2.75, 3.05) is 6.54 Å². The van der Waals surface area contributed by atoms with Gasteiger partial charge in [-0.3, -0.25) is 4.79 Å². The summed E-state index contributed by atoms with van der Waals surface area (Å²) in [6.07, 6.45) is 0. The summed E-state index contributed by atoms with van der Waals surface area (Å²) in [5.41, 5.74) is 1.73. The largest absolute Gasteiger partial charge is 0.351 e. The average molecular weight is 274 g/mol. The molecule has 1 atom stereocenters. The molecule has 2 aromatic carbocycles. The molecule has 0 unspecified atom stereocenters. The van der Waals surface area contributed by atoms with Crippen molar-refractivity contribution in [3.8, 4) is 0 Å². The Labute approximate surface area is 118 Å². The lowest BCUT2D eigenvalue weighted by molar-refractivity contribution is 0.0952. The summed E-state index contributed by atoms with van der Waals surface area (Å²) >= 11 is 5.99. The highest BCUT2D eigenvalue weighted by atomic mass is 35.5. The molecule has 2 aromatic rings. The van der Waals surface area contributed by atoms with Crippen LogP contribution < -0.4 is 5.32 Å². The Kier molecular flexibility index (Phi) is 4.58. The summed E-state index contributed by atoms with van der Waals surface area (Å²) in [5.74, 6) is 0.140. The average Bonchev–Trinajstić information content (AvgIpc) is 2.46. The van der Waals surface area contributed by atoms with Crippen LogP contribution in [0.4, 0.5) is 0 Å². The van der Waals surface area contributed by atoms with Crippen LogP contribution in [0.1, 0.15) is 28.8 Å². The molecule has 1 N–H and O–H groups in total. The van der Waals surface area contributed by atoms with Crippen LogP contribution in [0.25, 0.3) is 0 Å². The van der Waals surface area contributed by atoms with Gasteiger partial charge >= 0.3 is 0 Å². The minimum atomic E-state index is -0.131. The van der Waals surface area contributed by atoms with Gasteiger partial charge in [-0.1, -0.05) is 61.0 Å². The lowest BCUT2D eigenvalue weighted by Crippen LogP contribution is -2.27. The van der Waals surface area contributed by atoms with Crippen molar-refractivity contribution < 1.29 is 4.79 Å². The third kappa shape index (κ3) is 3.58. The molecule has 0 aromatic heterocycles. The number of carbonyl (C=O) groups excluding carboxylic acids is 1. The quantitative estimate of drug-likeness (QED) is 0.900. The zero-order valence-corrected chi connectivity index (χ0v) is 11.5. The van der Waals surface area contributed by atoms with Crippen LogP contribution in [0, 0.1) is 0 Å². The maximum atomic E-state index is 12.0. The van der Waals surface area contributed by atoms with Gasteiger partial charge in [0.1, 0.15) is 0 Å². The standard InChI is InChI=1S/C16H16ClNO/c1-12(13-7-3-2-4-8-13)11-18-16(19)14-9-5-6-10-15(14)17/h2-10,12H,11H2,1H3,(H,18,19)/t12-/m0/s1. The van der Waals surface area contributed by atoms with Crippen molar-refractivity contribution in [2.45, 2.75) is 12.8 Å². The van der Waals surface area contributed by atoms with Crippen LogP contribution in [0.2, 0.25) is 5.02 Å². The Balaban J connectivity index is 1.96. The predicted octanol–water partition coefficient (Wildman–Crippen LogP) is 3.87. The molecule has 2 rings (SSSR count). The highest BCUT2D eigenvalue weighted by molar-refractivity contribution is 6.33. The first-order valence-corrected chi connectivity index (χ1v) is 6.64. The van der Waals surface area contributed by atoms with Crippen LogP contribution >= 0.6 is 11.6 Å². The van der Waals surface area contributed by atoms with Crippen molar-refractivity contribution in [3.05, 3.63) is 70.7 Å². The summed E-state index contributed by atoms with van der Waals surface area (Å²) in [5, 5.41) is 3.39. The zero-order chi connectivity index (χ0) is 13.7.